The van der Waals surface area contributed by atoms with Crippen LogP contribution in [0.2, 0.25) is 0 Å². The maximum Gasteiger partial charge on any atom is 0.0774 e. The Morgan fingerprint density at radius 3 is 2.93 bits per heavy atom. The van der Waals surface area contributed by atoms with Crippen LogP contribution >= 0.6 is 0 Å². The lowest BCUT2D eigenvalue weighted by atomic mass is 9.74. The van der Waals surface area contributed by atoms with Crippen LogP contribution in [-0.4, -0.2) is 17.3 Å². The predicted octanol–water partition coefficient (Wildman–Crippen LogP) is 1.44. The standard InChI is InChI=1S/C12H17NO/c1-7-4-12(14)10-6-11(13-7)9-3-2-8(10)5-9/h2-4,8-14H,5-6H2,1H3/t8?,9?,10?,11?,12-/m1/s1. The van der Waals surface area contributed by atoms with Gasteiger partial charge in [-0.1, -0.05) is 12.2 Å². The minimum atomic E-state index is -0.249. The van der Waals surface area contributed by atoms with Crippen molar-refractivity contribution in [2.45, 2.75) is 31.9 Å². The van der Waals surface area contributed by atoms with Crippen molar-refractivity contribution in [3.63, 3.8) is 0 Å². The van der Waals surface area contributed by atoms with Crippen LogP contribution in [0, 0.1) is 17.8 Å². The first-order valence-corrected chi connectivity index (χ1v) is 5.55. The monoisotopic (exact) mass is 191 g/mol. The molecule has 14 heavy (non-hydrogen) atoms. The zero-order chi connectivity index (χ0) is 9.71. The summed E-state index contributed by atoms with van der Waals surface area (Å²) in [6, 6.07) is 0.559. The molecule has 0 spiro atoms. The van der Waals surface area contributed by atoms with Crippen molar-refractivity contribution in [2.75, 3.05) is 0 Å². The Morgan fingerprint density at radius 2 is 2.07 bits per heavy atom. The molecule has 3 rings (SSSR count). The summed E-state index contributed by atoms with van der Waals surface area (Å²) in [5.74, 6) is 1.76. The molecule has 2 aliphatic carbocycles. The third kappa shape index (κ3) is 1.13. The number of nitrogens with one attached hydrogen (secondary N) is 1. The molecule has 0 aromatic heterocycles. The Hall–Kier alpha value is -0.760. The summed E-state index contributed by atoms with van der Waals surface area (Å²) in [6.45, 7) is 2.06. The Balaban J connectivity index is 1.96. The van der Waals surface area contributed by atoms with Crippen LogP contribution in [0.15, 0.2) is 23.9 Å². The van der Waals surface area contributed by atoms with E-state index in [-0.39, 0.29) is 6.10 Å². The van der Waals surface area contributed by atoms with Crippen molar-refractivity contribution in [3.8, 4) is 0 Å². The van der Waals surface area contributed by atoms with Gasteiger partial charge in [0.05, 0.1) is 6.10 Å². The van der Waals surface area contributed by atoms with Gasteiger partial charge in [-0.3, -0.25) is 0 Å². The molecule has 0 saturated heterocycles. The third-order valence-electron chi connectivity index (χ3n) is 4.02. The minimum absolute atomic E-state index is 0.249. The number of allylic oxidation sites excluding steroid dienone is 2. The van der Waals surface area contributed by atoms with E-state index >= 15 is 0 Å². The molecule has 0 amide bonds. The Kier molecular flexibility index (Phi) is 1.75. The number of hydrogen-bond acceptors (Lipinski definition) is 2. The van der Waals surface area contributed by atoms with Crippen molar-refractivity contribution in [3.05, 3.63) is 23.9 Å². The third-order valence-corrected chi connectivity index (χ3v) is 4.02. The van der Waals surface area contributed by atoms with Crippen LogP contribution in [0.5, 0.6) is 0 Å². The molecule has 2 N–H and O–H groups in total. The van der Waals surface area contributed by atoms with E-state index < -0.39 is 0 Å². The number of rotatable bonds is 0. The normalized spacial score (nSPS) is 49.6. The molecule has 5 atom stereocenters. The predicted molar refractivity (Wildman–Crippen MR) is 55.5 cm³/mol. The Labute approximate surface area is 84.7 Å². The molecule has 76 valence electrons. The summed E-state index contributed by atoms with van der Waals surface area (Å²) in [6.07, 6.45) is 8.75. The molecular formula is C12H17NO. The fourth-order valence-corrected chi connectivity index (χ4v) is 3.29. The van der Waals surface area contributed by atoms with E-state index in [9.17, 15) is 5.11 Å². The Bertz CT molecular complexity index is 307. The van der Waals surface area contributed by atoms with Crippen LogP contribution in [0.3, 0.4) is 0 Å². The second-order valence-electron chi connectivity index (χ2n) is 4.94. The van der Waals surface area contributed by atoms with Gasteiger partial charge in [0.2, 0.25) is 0 Å². The van der Waals surface area contributed by atoms with Crippen LogP contribution in [-0.2, 0) is 0 Å². The fraction of sp³-hybridized carbons (Fsp3) is 0.667. The van der Waals surface area contributed by atoms with Crippen LogP contribution in [0.1, 0.15) is 19.8 Å². The number of hydrogen-bond donors (Lipinski definition) is 2. The van der Waals surface area contributed by atoms with Crippen molar-refractivity contribution in [2.24, 2.45) is 17.8 Å². The van der Waals surface area contributed by atoms with Gasteiger partial charge in [0, 0.05) is 11.7 Å². The van der Waals surface area contributed by atoms with Gasteiger partial charge in [-0.15, -0.1) is 0 Å². The van der Waals surface area contributed by atoms with Gasteiger partial charge in [0.15, 0.2) is 0 Å². The van der Waals surface area contributed by atoms with Gasteiger partial charge in [-0.25, -0.2) is 0 Å². The molecule has 3 aliphatic rings. The van der Waals surface area contributed by atoms with Gasteiger partial charge in [0.25, 0.3) is 0 Å². The average molecular weight is 191 g/mol. The molecule has 1 aliphatic heterocycles. The Morgan fingerprint density at radius 1 is 1.29 bits per heavy atom. The van der Waals surface area contributed by atoms with Gasteiger partial charge in [0.1, 0.15) is 0 Å². The largest absolute Gasteiger partial charge is 0.389 e. The maximum atomic E-state index is 10.0. The lowest BCUT2D eigenvalue weighted by molar-refractivity contribution is 0.0890. The van der Waals surface area contributed by atoms with E-state index in [2.05, 4.69) is 24.4 Å². The summed E-state index contributed by atoms with van der Waals surface area (Å²) in [7, 11) is 0. The second kappa shape index (κ2) is 2.86. The highest BCUT2D eigenvalue weighted by molar-refractivity contribution is 5.19. The van der Waals surface area contributed by atoms with E-state index in [1.807, 2.05) is 6.08 Å². The number of aliphatic hydroxyl groups is 1. The zero-order valence-corrected chi connectivity index (χ0v) is 8.48. The molecule has 1 heterocycles. The van der Waals surface area contributed by atoms with Gasteiger partial charge in [-0.2, -0.15) is 0 Å². The smallest absolute Gasteiger partial charge is 0.0774 e. The molecule has 4 bridgehead atoms. The van der Waals surface area contributed by atoms with E-state index in [0.29, 0.717) is 23.8 Å². The molecule has 4 unspecified atom stereocenters. The van der Waals surface area contributed by atoms with Gasteiger partial charge < -0.3 is 10.4 Å². The first-order valence-electron chi connectivity index (χ1n) is 5.55. The zero-order valence-electron chi connectivity index (χ0n) is 8.48. The van der Waals surface area contributed by atoms with E-state index in [0.717, 1.165) is 12.1 Å². The van der Waals surface area contributed by atoms with Crippen molar-refractivity contribution in [1.29, 1.82) is 0 Å². The molecule has 0 aromatic carbocycles. The van der Waals surface area contributed by atoms with Crippen LogP contribution in [0.25, 0.3) is 0 Å². The van der Waals surface area contributed by atoms with Crippen molar-refractivity contribution in [1.82, 2.24) is 5.32 Å². The van der Waals surface area contributed by atoms with Gasteiger partial charge >= 0.3 is 0 Å². The summed E-state index contributed by atoms with van der Waals surface area (Å²) in [4.78, 5) is 0. The molecule has 0 radical (unpaired) electrons. The number of aliphatic hydroxyl groups excluding tert-OH is 1. The molecule has 2 heteroatoms. The van der Waals surface area contributed by atoms with Crippen LogP contribution in [0.4, 0.5) is 0 Å². The number of fused-ring (bicyclic) bond motifs is 6. The van der Waals surface area contributed by atoms with Crippen molar-refractivity contribution < 1.29 is 5.11 Å². The van der Waals surface area contributed by atoms with Gasteiger partial charge in [-0.05, 0) is 43.6 Å². The topological polar surface area (TPSA) is 32.3 Å². The lowest BCUT2D eigenvalue weighted by Crippen LogP contribution is -2.40. The molecule has 2 nitrogen and oxygen atoms in total. The van der Waals surface area contributed by atoms with E-state index in [1.165, 1.54) is 6.42 Å². The van der Waals surface area contributed by atoms with E-state index in [4.69, 9.17) is 0 Å². The second-order valence-corrected chi connectivity index (χ2v) is 4.94. The first-order chi connectivity index (χ1) is 6.74. The summed E-state index contributed by atoms with van der Waals surface area (Å²) in [5.41, 5.74) is 1.14. The SMILES string of the molecule is CC1=C[C@@H](O)C2CC(N1)C1C=CC2C1. The summed E-state index contributed by atoms with van der Waals surface area (Å²) in [5, 5.41) is 13.6. The summed E-state index contributed by atoms with van der Waals surface area (Å²) >= 11 is 0. The molecule has 1 fully saturated rings. The molecular weight excluding hydrogens is 174 g/mol. The maximum absolute atomic E-state index is 10.0. The lowest BCUT2D eigenvalue weighted by Gasteiger charge is -2.35. The molecule has 1 saturated carbocycles. The summed E-state index contributed by atoms with van der Waals surface area (Å²) < 4.78 is 0. The van der Waals surface area contributed by atoms with Crippen molar-refractivity contribution >= 4 is 0 Å². The highest BCUT2D eigenvalue weighted by Gasteiger charge is 2.42. The minimum Gasteiger partial charge on any atom is -0.389 e. The highest BCUT2D eigenvalue weighted by Crippen LogP contribution is 2.43. The average Bonchev–Trinajstić information content (AvgIpc) is 2.50. The molecule has 0 aromatic rings. The first kappa shape index (κ1) is 8.54. The van der Waals surface area contributed by atoms with E-state index in [1.54, 1.807) is 0 Å². The quantitative estimate of drug-likeness (QED) is 0.568. The highest BCUT2D eigenvalue weighted by atomic mass is 16.3. The van der Waals surface area contributed by atoms with Crippen LogP contribution < -0.4 is 5.32 Å². The fourth-order valence-electron chi connectivity index (χ4n) is 3.29.